The number of aryl methyl sites for hydroxylation is 1. The molecule has 0 spiro atoms. The van der Waals surface area contributed by atoms with Crippen LogP contribution in [0.25, 0.3) is 0 Å². The average molecular weight is 166 g/mol. The van der Waals surface area contributed by atoms with Crippen molar-refractivity contribution in [2.45, 2.75) is 13.5 Å². The highest BCUT2D eigenvalue weighted by atomic mass is 16.4. The number of aromatic nitrogens is 2. The number of carboxylic acid groups (broad SMARTS) is 1. The summed E-state index contributed by atoms with van der Waals surface area (Å²) >= 11 is 0. The van der Waals surface area contributed by atoms with E-state index in [9.17, 15) is 4.79 Å². The minimum atomic E-state index is -0.983. The summed E-state index contributed by atoms with van der Waals surface area (Å²) in [5.41, 5.74) is 1.14. The number of hydrogen-bond acceptors (Lipinski definition) is 2. The predicted molar refractivity (Wildman–Crippen MR) is 43.7 cm³/mol. The van der Waals surface area contributed by atoms with Gasteiger partial charge in [-0.2, -0.15) is 5.10 Å². The molecule has 0 aromatic carbocycles. The highest BCUT2D eigenvalue weighted by Gasteiger charge is 2.04. The molecule has 12 heavy (non-hydrogen) atoms. The van der Waals surface area contributed by atoms with Crippen molar-refractivity contribution in [3.63, 3.8) is 0 Å². The summed E-state index contributed by atoms with van der Waals surface area (Å²) < 4.78 is 1.55. The molecule has 0 atom stereocenters. The van der Waals surface area contributed by atoms with Crippen LogP contribution in [-0.4, -0.2) is 20.9 Å². The van der Waals surface area contributed by atoms with E-state index in [0.717, 1.165) is 5.56 Å². The van der Waals surface area contributed by atoms with Crippen molar-refractivity contribution < 1.29 is 9.90 Å². The third-order valence-electron chi connectivity index (χ3n) is 1.42. The van der Waals surface area contributed by atoms with Crippen LogP contribution in [-0.2, 0) is 11.3 Å². The minimum absolute atomic E-state index is 0.137. The molecule has 0 radical (unpaired) electrons. The Kier molecular flexibility index (Phi) is 2.28. The molecule has 0 fully saturated rings. The molecule has 4 nitrogen and oxygen atoms in total. The standard InChI is InChI=1S/C8H10N2O2/c1-6-3-9-10(4-6)5-7(2)8(11)12/h3-4H,2,5H2,1H3,(H,11,12). The van der Waals surface area contributed by atoms with E-state index in [1.54, 1.807) is 17.1 Å². The van der Waals surface area contributed by atoms with E-state index in [1.807, 2.05) is 6.92 Å². The molecular formula is C8H10N2O2. The lowest BCUT2D eigenvalue weighted by atomic mass is 10.3. The van der Waals surface area contributed by atoms with Gasteiger partial charge in [0.15, 0.2) is 0 Å². The lowest BCUT2D eigenvalue weighted by Crippen LogP contribution is -2.08. The maximum atomic E-state index is 10.4. The normalized spacial score (nSPS) is 9.75. The van der Waals surface area contributed by atoms with Crippen LogP contribution in [0.3, 0.4) is 0 Å². The smallest absolute Gasteiger partial charge is 0.332 e. The molecule has 1 heterocycles. The molecule has 0 unspecified atom stereocenters. The minimum Gasteiger partial charge on any atom is -0.478 e. The summed E-state index contributed by atoms with van der Waals surface area (Å²) in [6, 6.07) is 0. The Bertz CT molecular complexity index is 315. The molecule has 0 saturated carbocycles. The van der Waals surface area contributed by atoms with Gasteiger partial charge >= 0.3 is 5.97 Å². The quantitative estimate of drug-likeness (QED) is 0.677. The van der Waals surface area contributed by atoms with Crippen molar-refractivity contribution in [1.29, 1.82) is 0 Å². The summed E-state index contributed by atoms with van der Waals surface area (Å²) in [5, 5.41) is 12.4. The molecule has 1 rings (SSSR count). The first-order valence-electron chi connectivity index (χ1n) is 3.49. The van der Waals surface area contributed by atoms with E-state index < -0.39 is 5.97 Å². The van der Waals surface area contributed by atoms with Crippen LogP contribution >= 0.6 is 0 Å². The van der Waals surface area contributed by atoms with Crippen LogP contribution in [0.2, 0.25) is 0 Å². The number of rotatable bonds is 3. The number of hydrogen-bond donors (Lipinski definition) is 1. The fourth-order valence-corrected chi connectivity index (χ4v) is 0.817. The fraction of sp³-hybridized carbons (Fsp3) is 0.250. The Morgan fingerprint density at radius 1 is 1.83 bits per heavy atom. The Morgan fingerprint density at radius 3 is 2.92 bits per heavy atom. The van der Waals surface area contributed by atoms with Gasteiger partial charge in [-0.3, -0.25) is 4.68 Å². The number of aliphatic carboxylic acids is 1. The number of carbonyl (C=O) groups is 1. The first-order chi connectivity index (χ1) is 5.59. The van der Waals surface area contributed by atoms with Crippen molar-refractivity contribution in [2.24, 2.45) is 0 Å². The molecule has 0 aliphatic rings. The van der Waals surface area contributed by atoms with Gasteiger partial charge < -0.3 is 5.11 Å². The van der Waals surface area contributed by atoms with Gasteiger partial charge in [0.2, 0.25) is 0 Å². The average Bonchev–Trinajstić information content (AvgIpc) is 2.35. The zero-order valence-corrected chi connectivity index (χ0v) is 6.82. The molecule has 0 aliphatic carbocycles. The van der Waals surface area contributed by atoms with Gasteiger partial charge in [0.05, 0.1) is 18.3 Å². The van der Waals surface area contributed by atoms with E-state index >= 15 is 0 Å². The second kappa shape index (κ2) is 3.21. The van der Waals surface area contributed by atoms with Crippen LogP contribution in [0.1, 0.15) is 5.56 Å². The summed E-state index contributed by atoms with van der Waals surface area (Å²) in [7, 11) is 0. The van der Waals surface area contributed by atoms with E-state index in [4.69, 9.17) is 5.11 Å². The third-order valence-corrected chi connectivity index (χ3v) is 1.42. The molecule has 64 valence electrons. The summed E-state index contributed by atoms with van der Waals surface area (Å²) in [6.07, 6.45) is 3.45. The second-order valence-electron chi connectivity index (χ2n) is 2.62. The van der Waals surface area contributed by atoms with Crippen LogP contribution in [0.15, 0.2) is 24.5 Å². The van der Waals surface area contributed by atoms with E-state index in [1.165, 1.54) is 0 Å². The maximum Gasteiger partial charge on any atom is 0.332 e. The van der Waals surface area contributed by atoms with Crippen molar-refractivity contribution in [1.82, 2.24) is 9.78 Å². The zero-order valence-electron chi connectivity index (χ0n) is 6.82. The van der Waals surface area contributed by atoms with Crippen molar-refractivity contribution >= 4 is 5.97 Å². The molecule has 0 amide bonds. The lowest BCUT2D eigenvalue weighted by Gasteiger charge is -1.99. The van der Waals surface area contributed by atoms with E-state index in [-0.39, 0.29) is 12.1 Å². The first-order valence-corrected chi connectivity index (χ1v) is 3.49. The SMILES string of the molecule is C=C(Cn1cc(C)cn1)C(=O)O. The Morgan fingerprint density at radius 2 is 2.50 bits per heavy atom. The van der Waals surface area contributed by atoms with Gasteiger partial charge in [-0.25, -0.2) is 4.79 Å². The zero-order chi connectivity index (χ0) is 9.14. The summed E-state index contributed by atoms with van der Waals surface area (Å²) in [5.74, 6) is -0.983. The molecule has 1 N–H and O–H groups in total. The van der Waals surface area contributed by atoms with Crippen molar-refractivity contribution in [3.05, 3.63) is 30.1 Å². The fourth-order valence-electron chi connectivity index (χ4n) is 0.817. The third kappa shape index (κ3) is 1.95. The summed E-state index contributed by atoms with van der Waals surface area (Å²) in [6.45, 7) is 5.53. The van der Waals surface area contributed by atoms with Gasteiger partial charge in [-0.15, -0.1) is 0 Å². The lowest BCUT2D eigenvalue weighted by molar-refractivity contribution is -0.132. The first kappa shape index (κ1) is 8.52. The molecule has 1 aromatic rings. The topological polar surface area (TPSA) is 55.1 Å². The number of carboxylic acids is 1. The largest absolute Gasteiger partial charge is 0.478 e. The van der Waals surface area contributed by atoms with Gasteiger partial charge in [-0.05, 0) is 12.5 Å². The Labute approximate surface area is 70.1 Å². The Hall–Kier alpha value is -1.58. The Balaban J connectivity index is 2.64. The van der Waals surface area contributed by atoms with Crippen molar-refractivity contribution in [3.8, 4) is 0 Å². The molecule has 0 aliphatic heterocycles. The van der Waals surface area contributed by atoms with Gasteiger partial charge in [0, 0.05) is 6.20 Å². The van der Waals surface area contributed by atoms with Crippen LogP contribution in [0, 0.1) is 6.92 Å². The molecule has 1 aromatic heterocycles. The van der Waals surface area contributed by atoms with Crippen LogP contribution in [0.5, 0.6) is 0 Å². The molecule has 0 saturated heterocycles. The highest BCUT2D eigenvalue weighted by molar-refractivity contribution is 5.85. The number of nitrogens with zero attached hydrogens (tertiary/aromatic N) is 2. The summed E-state index contributed by atoms with van der Waals surface area (Å²) in [4.78, 5) is 10.4. The molecule has 0 bridgehead atoms. The maximum absolute atomic E-state index is 10.4. The highest BCUT2D eigenvalue weighted by Crippen LogP contribution is 1.99. The van der Waals surface area contributed by atoms with E-state index in [0.29, 0.717) is 0 Å². The van der Waals surface area contributed by atoms with Gasteiger partial charge in [-0.1, -0.05) is 6.58 Å². The molecular weight excluding hydrogens is 156 g/mol. The molecule has 4 heteroatoms. The monoisotopic (exact) mass is 166 g/mol. The van der Waals surface area contributed by atoms with Crippen LogP contribution in [0.4, 0.5) is 0 Å². The predicted octanol–water partition coefficient (Wildman–Crippen LogP) is 0.832. The van der Waals surface area contributed by atoms with Gasteiger partial charge in [0.1, 0.15) is 0 Å². The van der Waals surface area contributed by atoms with Crippen molar-refractivity contribution in [2.75, 3.05) is 0 Å². The van der Waals surface area contributed by atoms with E-state index in [2.05, 4.69) is 11.7 Å². The second-order valence-corrected chi connectivity index (χ2v) is 2.62. The van der Waals surface area contributed by atoms with Gasteiger partial charge in [0.25, 0.3) is 0 Å². The van der Waals surface area contributed by atoms with Crippen LogP contribution < -0.4 is 0 Å².